The first-order valence-electron chi connectivity index (χ1n) is 8.03. The first-order chi connectivity index (χ1) is 13.5. The molecule has 0 unspecified atom stereocenters. The van der Waals surface area contributed by atoms with Crippen LogP contribution in [-0.2, 0) is 6.54 Å². The number of nitrogens with zero attached hydrogens (tertiary/aromatic N) is 2. The predicted molar refractivity (Wildman–Crippen MR) is 93.9 cm³/mol. The minimum atomic E-state index is -1.69. The van der Waals surface area contributed by atoms with E-state index in [1.165, 1.54) is 18.3 Å². The molecule has 0 atom stereocenters. The van der Waals surface area contributed by atoms with E-state index < -0.39 is 35.0 Å². The lowest BCUT2D eigenvalue weighted by Crippen LogP contribution is -2.24. The predicted octanol–water partition coefficient (Wildman–Crippen LogP) is 3.08. The molecule has 0 saturated carbocycles. The van der Waals surface area contributed by atoms with E-state index in [0.29, 0.717) is 6.07 Å². The van der Waals surface area contributed by atoms with E-state index in [-0.39, 0.29) is 17.8 Å². The van der Waals surface area contributed by atoms with Crippen LogP contribution in [0.5, 0.6) is 0 Å². The third-order valence-corrected chi connectivity index (χ3v) is 3.71. The summed E-state index contributed by atoms with van der Waals surface area (Å²) < 4.78 is 39.9. The normalized spacial score (nSPS) is 10.4. The van der Waals surface area contributed by atoms with Gasteiger partial charge in [0.2, 0.25) is 0 Å². The molecule has 142 valence electrons. The van der Waals surface area contributed by atoms with E-state index in [1.54, 1.807) is 24.5 Å². The maximum atomic E-state index is 13.7. The fourth-order valence-corrected chi connectivity index (χ4v) is 2.29. The van der Waals surface area contributed by atoms with Gasteiger partial charge in [-0.05, 0) is 35.9 Å². The highest BCUT2D eigenvalue weighted by Crippen LogP contribution is 2.20. The lowest BCUT2D eigenvalue weighted by molar-refractivity contribution is 0.0946. The number of amides is 2. The smallest absolute Gasteiger partial charge is 0.270 e. The molecule has 1 aromatic carbocycles. The Hall–Kier alpha value is -3.75. The molecule has 0 aliphatic rings. The summed E-state index contributed by atoms with van der Waals surface area (Å²) in [4.78, 5) is 32.3. The number of anilines is 1. The second kappa shape index (κ2) is 8.30. The molecule has 0 aliphatic carbocycles. The summed E-state index contributed by atoms with van der Waals surface area (Å²) in [7, 11) is 0. The third-order valence-electron chi connectivity index (χ3n) is 3.71. The molecule has 0 saturated heterocycles. The van der Waals surface area contributed by atoms with Crippen molar-refractivity contribution in [1.82, 2.24) is 15.3 Å². The van der Waals surface area contributed by atoms with Crippen molar-refractivity contribution in [1.29, 1.82) is 0 Å². The minimum absolute atomic E-state index is 0.00865. The Morgan fingerprint density at radius 3 is 2.54 bits per heavy atom. The van der Waals surface area contributed by atoms with Crippen molar-refractivity contribution < 1.29 is 22.8 Å². The van der Waals surface area contributed by atoms with Crippen LogP contribution in [0.25, 0.3) is 0 Å². The van der Waals surface area contributed by atoms with Gasteiger partial charge in [-0.3, -0.25) is 19.6 Å². The van der Waals surface area contributed by atoms with Crippen LogP contribution in [0.15, 0.2) is 55.0 Å². The number of carbonyl (C=O) groups is 2. The summed E-state index contributed by atoms with van der Waals surface area (Å²) in [5, 5.41) is 4.76. The van der Waals surface area contributed by atoms with Crippen LogP contribution in [0.2, 0.25) is 0 Å². The van der Waals surface area contributed by atoms with Crippen molar-refractivity contribution in [2.24, 2.45) is 0 Å². The lowest BCUT2D eigenvalue weighted by Gasteiger charge is -2.09. The van der Waals surface area contributed by atoms with Gasteiger partial charge in [0.15, 0.2) is 17.5 Å². The van der Waals surface area contributed by atoms with E-state index >= 15 is 0 Å². The van der Waals surface area contributed by atoms with Crippen LogP contribution in [-0.4, -0.2) is 21.8 Å². The van der Waals surface area contributed by atoms with Crippen LogP contribution in [0.1, 0.15) is 26.4 Å². The topological polar surface area (TPSA) is 84.0 Å². The van der Waals surface area contributed by atoms with Crippen molar-refractivity contribution in [3.63, 3.8) is 0 Å². The molecular weight excluding hydrogens is 373 g/mol. The van der Waals surface area contributed by atoms with Gasteiger partial charge in [-0.25, -0.2) is 13.2 Å². The molecular formula is C19H13F3N4O2. The second-order valence-corrected chi connectivity index (χ2v) is 5.65. The maximum Gasteiger partial charge on any atom is 0.270 e. The van der Waals surface area contributed by atoms with Gasteiger partial charge in [-0.1, -0.05) is 6.07 Å². The average Bonchev–Trinajstić information content (AvgIpc) is 2.73. The average molecular weight is 386 g/mol. The molecule has 9 heteroatoms. The molecule has 3 aromatic rings. The van der Waals surface area contributed by atoms with E-state index in [2.05, 4.69) is 20.6 Å². The van der Waals surface area contributed by atoms with E-state index in [9.17, 15) is 22.8 Å². The highest BCUT2D eigenvalue weighted by Gasteiger charge is 2.17. The van der Waals surface area contributed by atoms with Gasteiger partial charge in [0.25, 0.3) is 11.8 Å². The fourth-order valence-electron chi connectivity index (χ4n) is 2.29. The quantitative estimate of drug-likeness (QED) is 0.660. The Kier molecular flexibility index (Phi) is 5.64. The zero-order chi connectivity index (χ0) is 20.1. The van der Waals surface area contributed by atoms with Gasteiger partial charge in [-0.2, -0.15) is 0 Å². The van der Waals surface area contributed by atoms with Crippen LogP contribution < -0.4 is 10.6 Å². The van der Waals surface area contributed by atoms with Crippen molar-refractivity contribution in [3.8, 4) is 0 Å². The molecule has 0 radical (unpaired) electrons. The number of nitrogens with one attached hydrogen (secondary N) is 2. The second-order valence-electron chi connectivity index (χ2n) is 5.65. The summed E-state index contributed by atoms with van der Waals surface area (Å²) in [6.45, 7) is 0.213. The fraction of sp³-hybridized carbons (Fsp3) is 0.0526. The first-order valence-corrected chi connectivity index (χ1v) is 8.03. The monoisotopic (exact) mass is 386 g/mol. The van der Waals surface area contributed by atoms with Gasteiger partial charge >= 0.3 is 0 Å². The van der Waals surface area contributed by atoms with Gasteiger partial charge in [-0.15, -0.1) is 0 Å². The number of pyridine rings is 2. The van der Waals surface area contributed by atoms with E-state index in [0.717, 1.165) is 11.6 Å². The molecule has 0 spiro atoms. The van der Waals surface area contributed by atoms with Crippen molar-refractivity contribution in [2.45, 2.75) is 6.54 Å². The number of hydrogen-bond donors (Lipinski definition) is 2. The molecule has 6 nitrogen and oxygen atoms in total. The molecule has 2 aromatic heterocycles. The zero-order valence-corrected chi connectivity index (χ0v) is 14.2. The number of aromatic nitrogens is 2. The van der Waals surface area contributed by atoms with Gasteiger partial charge in [0.05, 0.1) is 5.69 Å². The summed E-state index contributed by atoms with van der Waals surface area (Å²) in [5.41, 5.74) is 0.204. The van der Waals surface area contributed by atoms with Crippen molar-refractivity contribution >= 4 is 17.5 Å². The first kappa shape index (κ1) is 19.0. The molecule has 2 heterocycles. The standard InChI is InChI=1S/C19H13F3N4O2/c20-13-3-4-14(17(22)16(13)21)26-18(27)12-5-7-24-15(8-12)19(28)25-10-11-2-1-6-23-9-11/h1-9H,10H2,(H,25,28)(H,26,27). The summed E-state index contributed by atoms with van der Waals surface area (Å²) in [5.74, 6) is -5.92. The molecule has 3 rings (SSSR count). The van der Waals surface area contributed by atoms with Crippen LogP contribution in [0, 0.1) is 17.5 Å². The number of carbonyl (C=O) groups excluding carboxylic acids is 2. The number of benzene rings is 1. The van der Waals surface area contributed by atoms with Crippen LogP contribution in [0.4, 0.5) is 18.9 Å². The van der Waals surface area contributed by atoms with Crippen LogP contribution >= 0.6 is 0 Å². The van der Waals surface area contributed by atoms with Gasteiger partial charge in [0.1, 0.15) is 5.69 Å². The Morgan fingerprint density at radius 2 is 1.79 bits per heavy atom. The summed E-state index contributed by atoms with van der Waals surface area (Å²) >= 11 is 0. The van der Waals surface area contributed by atoms with Crippen molar-refractivity contribution in [3.05, 3.63) is 89.3 Å². The third kappa shape index (κ3) is 4.32. The molecule has 2 N–H and O–H groups in total. The summed E-state index contributed by atoms with van der Waals surface area (Å²) in [6.07, 6.45) is 4.42. The van der Waals surface area contributed by atoms with Crippen molar-refractivity contribution in [2.75, 3.05) is 5.32 Å². The molecule has 0 aliphatic heterocycles. The molecule has 28 heavy (non-hydrogen) atoms. The van der Waals surface area contributed by atoms with E-state index in [4.69, 9.17) is 0 Å². The van der Waals surface area contributed by atoms with Crippen LogP contribution in [0.3, 0.4) is 0 Å². The number of rotatable bonds is 5. The van der Waals surface area contributed by atoms with Gasteiger partial charge in [0, 0.05) is 30.7 Å². The Balaban J connectivity index is 1.71. The Labute approximate surface area is 157 Å². The zero-order valence-electron chi connectivity index (χ0n) is 14.2. The molecule has 2 amide bonds. The highest BCUT2D eigenvalue weighted by molar-refractivity contribution is 6.05. The Morgan fingerprint density at radius 1 is 0.964 bits per heavy atom. The largest absolute Gasteiger partial charge is 0.347 e. The number of halogens is 3. The highest BCUT2D eigenvalue weighted by atomic mass is 19.2. The van der Waals surface area contributed by atoms with Gasteiger partial charge < -0.3 is 10.6 Å². The summed E-state index contributed by atoms with van der Waals surface area (Å²) in [6, 6.07) is 7.59. The van der Waals surface area contributed by atoms with E-state index in [1.807, 2.05) is 0 Å². The number of hydrogen-bond acceptors (Lipinski definition) is 4. The molecule has 0 bridgehead atoms. The lowest BCUT2D eigenvalue weighted by atomic mass is 10.2. The Bertz CT molecular complexity index is 1030. The minimum Gasteiger partial charge on any atom is -0.347 e. The molecule has 0 fully saturated rings. The SMILES string of the molecule is O=C(Nc1ccc(F)c(F)c1F)c1ccnc(C(=O)NCc2cccnc2)c1. The maximum absolute atomic E-state index is 13.7.